The number of rotatable bonds is 4. The second-order valence-electron chi connectivity index (χ2n) is 24.2. The Morgan fingerprint density at radius 1 is 0.576 bits per heavy atom. The van der Waals surface area contributed by atoms with E-state index in [9.17, 15) is 23.1 Å². The first-order valence-electron chi connectivity index (χ1n) is 38.5. The zero-order valence-corrected chi connectivity index (χ0v) is 58.0. The Hall–Kier alpha value is -4.41. The fraction of sp³-hybridized carbons (Fsp3) is 0.515. The van der Waals surface area contributed by atoms with Crippen molar-refractivity contribution >= 4 is 61.7 Å². The van der Waals surface area contributed by atoms with Crippen LogP contribution >= 0.6 is 34.2 Å². The number of phenols is 4. The normalized spacial score (nSPS) is 16.9. The van der Waals surface area contributed by atoms with Gasteiger partial charge in [-0.3, -0.25) is 4.79 Å². The largest absolute Gasteiger partial charge is 0.526 e. The SMILES string of the molecule is CC(C)(C)c1ccc(O)cc1.COC(=O)Cl.[2H]C([2H])([2H])C(C)(c1cc(C(C)(C)C)c(N)cc1O)C([2H])([2H])[2H].[2H]CI.[2H]Oc1c([2H])cc(C(C)(C)C)cc1C(C)(C([2H])([2H])[2H])C([2H])([2H])[2H].[2H]Oc1c([2H])cc(C(C)(C)C)cc1[2H].[2H][O+]([2H])S(=O)(=O)O.[2H]c1cc(C(C)(C)C)cc(C(C)(C([2H])([2H])[2H])C([2H])([2H])[2H])c1OC(C)=O.[CH3-].[Pd]. The number of carbonyl (C=O) groups excluding carboxylic acids is 2. The molecule has 0 amide bonds. The van der Waals surface area contributed by atoms with Crippen molar-refractivity contribution in [3.63, 3.8) is 0 Å². The molecular formula is C68H109ClINO12PdS. The molecule has 9 N–H and O–H groups in total. The molecule has 0 heterocycles. The molecule has 488 valence electrons. The number of phenolic OH excluding ortho intramolecular Hbond substituents is 4. The summed E-state index contributed by atoms with van der Waals surface area (Å²) in [6.07, 6.45) is 0. The minimum atomic E-state index is -4.66. The number of hydrogen-bond acceptors (Lipinski definition) is 11. The number of halogens is 2. The summed E-state index contributed by atoms with van der Waals surface area (Å²) in [4.78, 5) is 21.3. The van der Waals surface area contributed by atoms with Crippen LogP contribution in [0, 0.1) is 7.43 Å². The van der Waals surface area contributed by atoms with E-state index < -0.39 is 101 Å². The molecule has 0 aliphatic heterocycles. The Morgan fingerprint density at radius 2 is 0.929 bits per heavy atom. The van der Waals surface area contributed by atoms with Gasteiger partial charge in [-0.2, -0.15) is 0 Å². The van der Waals surface area contributed by atoms with Crippen molar-refractivity contribution in [3.8, 4) is 28.7 Å². The fourth-order valence-corrected chi connectivity index (χ4v) is 6.22. The summed E-state index contributed by atoms with van der Waals surface area (Å²) in [5.74, 6) is -1.49. The van der Waals surface area contributed by atoms with Crippen LogP contribution in [0.4, 0.5) is 10.5 Å². The van der Waals surface area contributed by atoms with Gasteiger partial charge in [-0.05, 0) is 130 Å². The van der Waals surface area contributed by atoms with Crippen LogP contribution in [0.15, 0.2) is 97.0 Å². The van der Waals surface area contributed by atoms with Crippen LogP contribution in [0.25, 0.3) is 0 Å². The topological polar surface area (TPSA) is 237 Å². The number of ether oxygens (including phenoxy) is 2. The molecule has 0 spiro atoms. The number of benzene rings is 5. The second kappa shape index (κ2) is 36.8. The van der Waals surface area contributed by atoms with Crippen molar-refractivity contribution in [3.05, 3.63) is 149 Å². The third-order valence-corrected chi connectivity index (χ3v) is 11.0. The van der Waals surface area contributed by atoms with E-state index in [0.717, 1.165) is 33.3 Å². The number of anilines is 1. The monoisotopic (exact) mass is 1460 g/mol. The molecule has 0 saturated heterocycles. The van der Waals surface area contributed by atoms with E-state index >= 15 is 0 Å². The molecule has 0 radical (unpaired) electrons. The molecular weight excluding hydrogens is 1320 g/mol. The van der Waals surface area contributed by atoms with Crippen molar-refractivity contribution in [2.75, 3.05) is 17.7 Å². The van der Waals surface area contributed by atoms with Crippen molar-refractivity contribution < 1.29 is 109 Å². The van der Waals surface area contributed by atoms with Gasteiger partial charge in [0.25, 0.3) is 2.86 Å². The molecule has 13 nitrogen and oxygen atoms in total. The Balaban J connectivity index is -0.000000412. The Morgan fingerprint density at radius 3 is 1.26 bits per heavy atom. The van der Waals surface area contributed by atoms with Gasteiger partial charge in [0, 0.05) is 82.3 Å². The zero-order valence-electron chi connectivity index (χ0n) is 79.7. The number of carbonyl (C=O) groups is 2. The fourth-order valence-electron chi connectivity index (χ4n) is 6.22. The number of alkyl halides is 1. The summed E-state index contributed by atoms with van der Waals surface area (Å²) in [5, 5.41) is 27.8. The number of nitrogens with two attached hydrogens (primary N) is 1. The Kier molecular flexibility index (Phi) is 21.0. The van der Waals surface area contributed by atoms with Gasteiger partial charge in [-0.25, -0.2) is 9.35 Å². The average molecular weight is 1460 g/mol. The van der Waals surface area contributed by atoms with Gasteiger partial charge in [-0.1, -0.05) is 237 Å². The summed E-state index contributed by atoms with van der Waals surface area (Å²) in [5.41, 5.74) is 0.926. The van der Waals surface area contributed by atoms with E-state index in [1.54, 1.807) is 24.3 Å². The number of hydrogen-bond donors (Lipinski definition) is 6. The number of esters is 1. The molecule has 0 aliphatic rings. The van der Waals surface area contributed by atoms with E-state index in [0.29, 0.717) is 33.0 Å². The Bertz CT molecular complexity index is 3870. The summed E-state index contributed by atoms with van der Waals surface area (Å²) >= 11 is 6.56. The second-order valence-corrected chi connectivity index (χ2v) is 25.4. The zero-order chi connectivity index (χ0) is 88.6. The molecule has 0 aliphatic carbocycles. The minimum absolute atomic E-state index is 0. The van der Waals surface area contributed by atoms with Gasteiger partial charge in [0.05, 0.1) is 12.6 Å². The standard InChI is InChI=1S/C16H24O2.C14H23NO.C14H22O.2C10H14O.C2H3ClO2.CH3I.CH3.H2O4S.Pd/c1-11(17)18-14-9-8-12(15(2,3)4)10-13(14)16(5,6)7;1-13(2,3)9-7-10(14(4,5)6)12(16)8-11(9)15;1-13(2,3)10-7-8-12(15)11(9-10)14(4,5)6;2*1-10(2,3)8-4-6-9(11)7-5-8;1-5-2(3)4;1-2;;1-5(2,3)4;/h8-10H,1-7H3;7-8,16H,15H2,1-6H3;7-9,15H,1-6H3;2*4-7,11H,1-3H3;1H3;1H3;1H3;(H2,1,2,3,4);/q;;;;;;;-1;;/p+1/i5D3,6D3,9D;4D3,5D3;4D3,5D3,8D;6D,7D;;;1D;;;/hD4. The van der Waals surface area contributed by atoms with E-state index in [-0.39, 0.29) is 101 Å². The quantitative estimate of drug-likeness (QED) is 0.00942. The molecule has 5 aromatic rings. The maximum atomic E-state index is 11.4. The van der Waals surface area contributed by atoms with Crippen molar-refractivity contribution in [2.45, 2.75) is 216 Å². The molecule has 5 aromatic carbocycles. The number of aromatic hydroxyl groups is 4. The molecule has 0 aromatic heterocycles. The van der Waals surface area contributed by atoms with Gasteiger partial charge in [0.2, 0.25) is 0 Å². The number of methoxy groups -OCH3 is 1. The van der Waals surface area contributed by atoms with Crippen LogP contribution in [-0.4, -0.2) is 67.1 Å². The van der Waals surface area contributed by atoms with Gasteiger partial charge in [-0.15, -0.1) is 8.42 Å². The first-order valence-corrected chi connectivity index (χ1v) is 28.4. The molecule has 0 saturated carbocycles. The van der Waals surface area contributed by atoms with Crippen molar-refractivity contribution in [1.82, 2.24) is 0 Å². The van der Waals surface area contributed by atoms with Crippen LogP contribution < -0.4 is 10.5 Å². The van der Waals surface area contributed by atoms with Gasteiger partial charge >= 0.3 is 24.7 Å². The molecule has 17 heteroatoms. The first-order chi connectivity index (χ1) is 48.5. The first kappa shape index (κ1) is 48.5. The average Bonchev–Trinajstić information content (AvgIpc) is 0.728. The molecule has 5 rings (SSSR count). The van der Waals surface area contributed by atoms with Crippen molar-refractivity contribution in [1.29, 1.82) is 5.72 Å². The molecule has 85 heavy (non-hydrogen) atoms. The summed E-state index contributed by atoms with van der Waals surface area (Å²) in [7, 11) is -3.44. The smallest absolute Gasteiger partial charge is 0.508 e. The number of nitrogen functional groups attached to an aromatic ring is 1. The molecule has 0 bridgehead atoms. The van der Waals surface area contributed by atoms with Gasteiger partial charge < -0.3 is 47.6 Å². The third kappa shape index (κ3) is 38.5. The molecule has 0 unspecified atom stereocenters. The van der Waals surface area contributed by atoms with Crippen LogP contribution in [0.2, 0.25) is 0 Å². The maximum Gasteiger partial charge on any atom is 0.526 e. The Labute approximate surface area is 585 Å². The van der Waals surface area contributed by atoms with Crippen LogP contribution in [0.1, 0.15) is 249 Å². The van der Waals surface area contributed by atoms with E-state index in [1.807, 2.05) is 118 Å². The van der Waals surface area contributed by atoms with Crippen LogP contribution in [0.5, 0.6) is 28.7 Å². The third-order valence-electron chi connectivity index (χ3n) is 10.9. The van der Waals surface area contributed by atoms with E-state index in [1.165, 1.54) is 49.1 Å². The van der Waals surface area contributed by atoms with Crippen LogP contribution in [0.3, 0.4) is 0 Å². The molecule has 0 fully saturated rings. The summed E-state index contributed by atoms with van der Waals surface area (Å²) in [6, 6.07) is 18.8. The molecule has 0 atom stereocenters. The van der Waals surface area contributed by atoms with Crippen molar-refractivity contribution in [2.24, 2.45) is 0 Å². The van der Waals surface area contributed by atoms with Gasteiger partial charge in [0.15, 0.2) is 0 Å². The maximum absolute atomic E-state index is 11.4. The minimum Gasteiger partial charge on any atom is -0.508 e. The van der Waals surface area contributed by atoms with Gasteiger partial charge in [0.1, 0.15) is 28.7 Å². The van der Waals surface area contributed by atoms with E-state index in [2.05, 4.69) is 47.3 Å². The van der Waals surface area contributed by atoms with E-state index in [4.69, 9.17) is 57.4 Å². The van der Waals surface area contributed by atoms with Crippen LogP contribution in [-0.2, 0) is 83.7 Å². The summed E-state index contributed by atoms with van der Waals surface area (Å²) < 4.78 is 238. The predicted molar refractivity (Wildman–Crippen MR) is 364 cm³/mol. The summed E-state index contributed by atoms with van der Waals surface area (Å²) in [6.45, 7) is 16.6. The predicted octanol–water partition coefficient (Wildman–Crippen LogP) is 18.1.